The fourth-order valence-corrected chi connectivity index (χ4v) is 2.10. The largest absolute Gasteiger partial charge is 0.394 e. The van der Waals surface area contributed by atoms with Crippen molar-refractivity contribution in [2.45, 2.75) is 32.2 Å². The number of benzene rings is 1. The standard InChI is InChI=1S/C15H26N2O/c1-13-8-5-6-9-14(13)17(4)11-7-10-15(2,12-18)16-3/h5-6,8-9,16,18H,7,10-12H2,1-4H3. The first-order valence-corrected chi connectivity index (χ1v) is 6.59. The minimum atomic E-state index is -0.160. The Balaban J connectivity index is 2.47. The van der Waals surface area contributed by atoms with E-state index in [9.17, 15) is 5.11 Å². The first-order chi connectivity index (χ1) is 8.52. The monoisotopic (exact) mass is 250 g/mol. The van der Waals surface area contributed by atoms with E-state index in [-0.39, 0.29) is 12.1 Å². The number of aliphatic hydroxyl groups is 1. The SMILES string of the molecule is CNC(C)(CO)CCCN(C)c1ccccc1C. The van der Waals surface area contributed by atoms with Crippen LogP contribution in [0.4, 0.5) is 5.69 Å². The third-order valence-electron chi connectivity index (χ3n) is 3.70. The van der Waals surface area contributed by atoms with Crippen molar-refractivity contribution in [2.24, 2.45) is 0 Å². The number of hydrogen-bond donors (Lipinski definition) is 2. The second-order valence-corrected chi connectivity index (χ2v) is 5.28. The van der Waals surface area contributed by atoms with E-state index in [2.05, 4.69) is 55.4 Å². The lowest BCUT2D eigenvalue weighted by Crippen LogP contribution is -2.43. The molecule has 0 bridgehead atoms. The van der Waals surface area contributed by atoms with Gasteiger partial charge in [-0.1, -0.05) is 18.2 Å². The second-order valence-electron chi connectivity index (χ2n) is 5.28. The van der Waals surface area contributed by atoms with Gasteiger partial charge in [0.25, 0.3) is 0 Å². The Bertz CT molecular complexity index is 361. The second kappa shape index (κ2) is 6.76. The molecular weight excluding hydrogens is 224 g/mol. The van der Waals surface area contributed by atoms with Crippen molar-refractivity contribution in [1.82, 2.24) is 5.32 Å². The minimum Gasteiger partial charge on any atom is -0.394 e. The van der Waals surface area contributed by atoms with E-state index in [1.165, 1.54) is 11.3 Å². The zero-order valence-corrected chi connectivity index (χ0v) is 12.0. The molecule has 1 aromatic carbocycles. The summed E-state index contributed by atoms with van der Waals surface area (Å²) in [6, 6.07) is 8.43. The zero-order valence-electron chi connectivity index (χ0n) is 12.0. The number of para-hydroxylation sites is 1. The van der Waals surface area contributed by atoms with Crippen LogP contribution in [0.1, 0.15) is 25.3 Å². The average molecular weight is 250 g/mol. The van der Waals surface area contributed by atoms with E-state index in [1.807, 2.05) is 7.05 Å². The van der Waals surface area contributed by atoms with Crippen LogP contribution in [-0.2, 0) is 0 Å². The average Bonchev–Trinajstić information content (AvgIpc) is 2.39. The lowest BCUT2D eigenvalue weighted by atomic mass is 9.97. The summed E-state index contributed by atoms with van der Waals surface area (Å²) >= 11 is 0. The number of aliphatic hydroxyl groups excluding tert-OH is 1. The van der Waals surface area contributed by atoms with Gasteiger partial charge in [0.1, 0.15) is 0 Å². The molecule has 18 heavy (non-hydrogen) atoms. The third kappa shape index (κ3) is 4.00. The molecule has 0 aliphatic carbocycles. The van der Waals surface area contributed by atoms with Gasteiger partial charge in [-0.2, -0.15) is 0 Å². The molecule has 0 fully saturated rings. The highest BCUT2D eigenvalue weighted by Gasteiger charge is 2.20. The smallest absolute Gasteiger partial charge is 0.0610 e. The van der Waals surface area contributed by atoms with E-state index in [0.29, 0.717) is 0 Å². The van der Waals surface area contributed by atoms with Crippen molar-refractivity contribution in [3.8, 4) is 0 Å². The molecule has 0 aromatic heterocycles. The van der Waals surface area contributed by atoms with Gasteiger partial charge in [0.05, 0.1) is 6.61 Å². The number of aryl methyl sites for hydroxylation is 1. The van der Waals surface area contributed by atoms with Gasteiger partial charge in [0.2, 0.25) is 0 Å². The maximum absolute atomic E-state index is 9.34. The number of likely N-dealkylation sites (N-methyl/N-ethyl adjacent to an activating group) is 1. The van der Waals surface area contributed by atoms with E-state index < -0.39 is 0 Å². The fraction of sp³-hybridized carbons (Fsp3) is 0.600. The topological polar surface area (TPSA) is 35.5 Å². The van der Waals surface area contributed by atoms with Crippen molar-refractivity contribution >= 4 is 5.69 Å². The van der Waals surface area contributed by atoms with Crippen molar-refractivity contribution in [3.63, 3.8) is 0 Å². The molecule has 0 saturated heterocycles. The molecule has 0 aliphatic heterocycles. The molecule has 3 nitrogen and oxygen atoms in total. The molecular formula is C15H26N2O. The summed E-state index contributed by atoms with van der Waals surface area (Å²) in [6.45, 7) is 5.37. The van der Waals surface area contributed by atoms with Crippen LogP contribution in [0, 0.1) is 6.92 Å². The summed E-state index contributed by atoms with van der Waals surface area (Å²) in [7, 11) is 4.03. The molecule has 0 heterocycles. The first kappa shape index (κ1) is 15.0. The number of nitrogens with one attached hydrogen (secondary N) is 1. The number of nitrogens with zero attached hydrogens (tertiary/aromatic N) is 1. The van der Waals surface area contributed by atoms with E-state index in [1.54, 1.807) is 0 Å². The Hall–Kier alpha value is -1.06. The Labute approximate surface area is 111 Å². The first-order valence-electron chi connectivity index (χ1n) is 6.59. The van der Waals surface area contributed by atoms with Crippen LogP contribution in [0.5, 0.6) is 0 Å². The Kier molecular flexibility index (Phi) is 5.63. The van der Waals surface area contributed by atoms with Crippen LogP contribution >= 0.6 is 0 Å². The van der Waals surface area contributed by atoms with Crippen LogP contribution in [0.2, 0.25) is 0 Å². The van der Waals surface area contributed by atoms with Crippen LogP contribution < -0.4 is 10.2 Å². The predicted molar refractivity (Wildman–Crippen MR) is 78.2 cm³/mol. The molecule has 3 heteroatoms. The molecule has 1 aromatic rings. The van der Waals surface area contributed by atoms with E-state index in [0.717, 1.165) is 19.4 Å². The maximum atomic E-state index is 9.34. The molecule has 1 rings (SSSR count). The van der Waals surface area contributed by atoms with Crippen molar-refractivity contribution in [1.29, 1.82) is 0 Å². The molecule has 1 unspecified atom stereocenters. The van der Waals surface area contributed by atoms with Crippen LogP contribution in [0.15, 0.2) is 24.3 Å². The molecule has 0 amide bonds. The Morgan fingerprint density at radius 2 is 2.00 bits per heavy atom. The molecule has 102 valence electrons. The Morgan fingerprint density at radius 1 is 1.33 bits per heavy atom. The highest BCUT2D eigenvalue weighted by atomic mass is 16.3. The summed E-state index contributed by atoms with van der Waals surface area (Å²) < 4.78 is 0. The maximum Gasteiger partial charge on any atom is 0.0610 e. The number of anilines is 1. The predicted octanol–water partition coefficient (Wildman–Crippen LogP) is 2.18. The summed E-state index contributed by atoms with van der Waals surface area (Å²) in [6.07, 6.45) is 2.03. The van der Waals surface area contributed by atoms with E-state index in [4.69, 9.17) is 0 Å². The van der Waals surface area contributed by atoms with Crippen molar-refractivity contribution in [2.75, 3.05) is 32.1 Å². The molecule has 0 aliphatic rings. The summed E-state index contributed by atoms with van der Waals surface area (Å²) in [4.78, 5) is 2.28. The zero-order chi connectivity index (χ0) is 13.6. The van der Waals surface area contributed by atoms with Gasteiger partial charge in [-0.25, -0.2) is 0 Å². The molecule has 1 atom stereocenters. The van der Waals surface area contributed by atoms with Crippen molar-refractivity contribution in [3.05, 3.63) is 29.8 Å². The van der Waals surface area contributed by atoms with Gasteiger partial charge in [0, 0.05) is 24.8 Å². The minimum absolute atomic E-state index is 0.160. The van der Waals surface area contributed by atoms with Crippen LogP contribution in [0.25, 0.3) is 0 Å². The number of rotatable bonds is 7. The summed E-state index contributed by atoms with van der Waals surface area (Å²) in [5.74, 6) is 0. The van der Waals surface area contributed by atoms with Gasteiger partial charge in [-0.15, -0.1) is 0 Å². The summed E-state index contributed by atoms with van der Waals surface area (Å²) in [5, 5.41) is 12.5. The van der Waals surface area contributed by atoms with Gasteiger partial charge in [-0.3, -0.25) is 0 Å². The number of hydrogen-bond acceptors (Lipinski definition) is 3. The van der Waals surface area contributed by atoms with E-state index >= 15 is 0 Å². The highest BCUT2D eigenvalue weighted by Crippen LogP contribution is 2.19. The van der Waals surface area contributed by atoms with Gasteiger partial charge >= 0.3 is 0 Å². The van der Waals surface area contributed by atoms with Crippen LogP contribution in [-0.4, -0.2) is 37.9 Å². The Morgan fingerprint density at radius 3 is 2.56 bits per heavy atom. The van der Waals surface area contributed by atoms with Crippen molar-refractivity contribution < 1.29 is 5.11 Å². The van der Waals surface area contributed by atoms with Crippen LogP contribution in [0.3, 0.4) is 0 Å². The third-order valence-corrected chi connectivity index (χ3v) is 3.70. The normalized spacial score (nSPS) is 14.3. The van der Waals surface area contributed by atoms with Gasteiger partial charge < -0.3 is 15.3 Å². The summed E-state index contributed by atoms with van der Waals surface area (Å²) in [5.41, 5.74) is 2.43. The molecule has 0 spiro atoms. The lowest BCUT2D eigenvalue weighted by molar-refractivity contribution is 0.172. The highest BCUT2D eigenvalue weighted by molar-refractivity contribution is 5.52. The molecule has 0 radical (unpaired) electrons. The molecule has 2 N–H and O–H groups in total. The molecule has 0 saturated carbocycles. The van der Waals surface area contributed by atoms with Gasteiger partial charge in [-0.05, 0) is 45.4 Å². The quantitative estimate of drug-likeness (QED) is 0.778. The fourth-order valence-electron chi connectivity index (χ4n) is 2.10. The van der Waals surface area contributed by atoms with Gasteiger partial charge in [0.15, 0.2) is 0 Å². The lowest BCUT2D eigenvalue weighted by Gasteiger charge is -2.28.